The van der Waals surface area contributed by atoms with Crippen molar-refractivity contribution in [1.29, 1.82) is 0 Å². The molecule has 0 atom stereocenters. The Morgan fingerprint density at radius 1 is 1.25 bits per heavy atom. The van der Waals surface area contributed by atoms with Gasteiger partial charge in [-0.05, 0) is 30.5 Å². The normalized spacial score (nSPS) is 18.1. The molecule has 2 aromatic heterocycles. The molecule has 4 rings (SSSR count). The third kappa shape index (κ3) is 3.49. The number of rotatable bonds is 4. The maximum absolute atomic E-state index is 12.6. The fourth-order valence-corrected chi connectivity index (χ4v) is 5.14. The molecule has 2 aliphatic rings. The molecule has 0 bridgehead atoms. The van der Waals surface area contributed by atoms with Crippen molar-refractivity contribution in [3.63, 3.8) is 0 Å². The molecule has 0 unspecified atom stereocenters. The molecular formula is C20H22N2O5S. The summed E-state index contributed by atoms with van der Waals surface area (Å²) in [5.74, 6) is -0.878. The van der Waals surface area contributed by atoms with Gasteiger partial charge in [0.15, 0.2) is 0 Å². The molecule has 1 fully saturated rings. The summed E-state index contributed by atoms with van der Waals surface area (Å²) in [5.41, 5.74) is 0.400. The van der Waals surface area contributed by atoms with Crippen LogP contribution in [0.1, 0.15) is 39.4 Å². The standard InChI is InChI=1S/C20H22N2O5S/c23-17-3-1-2-8-21(17)9-4-18(24)22-10-6-20(7-11-22)14-13-16(19(25)26)28-15(14)5-12-27-20/h1-3,8,13H,4-7,9-12H2,(H,25,26). The lowest BCUT2D eigenvalue weighted by atomic mass is 9.82. The maximum atomic E-state index is 12.6. The number of carboxylic acid groups (broad SMARTS) is 1. The SMILES string of the molecule is O=C(O)c1cc2c(s1)CCOC21CCN(C(=O)CCn2ccccc2=O)CC1. The van der Waals surface area contributed by atoms with Crippen LogP contribution >= 0.6 is 11.3 Å². The van der Waals surface area contributed by atoms with Crippen LogP contribution in [0, 0.1) is 0 Å². The van der Waals surface area contributed by atoms with E-state index < -0.39 is 11.6 Å². The number of amides is 1. The Balaban J connectivity index is 1.41. The van der Waals surface area contributed by atoms with Crippen LogP contribution in [0.5, 0.6) is 0 Å². The Hall–Kier alpha value is -2.45. The van der Waals surface area contributed by atoms with E-state index >= 15 is 0 Å². The number of aromatic nitrogens is 1. The van der Waals surface area contributed by atoms with E-state index in [0.29, 0.717) is 44.0 Å². The quantitative estimate of drug-likeness (QED) is 0.846. The summed E-state index contributed by atoms with van der Waals surface area (Å²) in [6.07, 6.45) is 4.03. The van der Waals surface area contributed by atoms with E-state index in [1.54, 1.807) is 29.0 Å². The van der Waals surface area contributed by atoms with Crippen LogP contribution in [-0.4, -0.2) is 46.1 Å². The predicted octanol–water partition coefficient (Wildman–Crippen LogP) is 2.09. The van der Waals surface area contributed by atoms with Gasteiger partial charge in [-0.2, -0.15) is 0 Å². The second kappa shape index (κ2) is 7.52. The third-order valence-electron chi connectivity index (χ3n) is 5.61. The fraction of sp³-hybridized carbons (Fsp3) is 0.450. The van der Waals surface area contributed by atoms with Crippen molar-refractivity contribution in [2.75, 3.05) is 19.7 Å². The molecule has 1 N–H and O–H groups in total. The zero-order chi connectivity index (χ0) is 19.7. The molecule has 1 saturated heterocycles. The van der Waals surface area contributed by atoms with Gasteiger partial charge in [-0.3, -0.25) is 9.59 Å². The molecule has 0 aromatic carbocycles. The molecule has 8 heteroatoms. The maximum Gasteiger partial charge on any atom is 0.345 e. The summed E-state index contributed by atoms with van der Waals surface area (Å²) in [6.45, 7) is 2.09. The van der Waals surface area contributed by atoms with Crippen molar-refractivity contribution in [1.82, 2.24) is 9.47 Å². The molecule has 7 nitrogen and oxygen atoms in total. The lowest BCUT2D eigenvalue weighted by Crippen LogP contribution is -2.48. The van der Waals surface area contributed by atoms with Gasteiger partial charge in [0.2, 0.25) is 5.91 Å². The highest BCUT2D eigenvalue weighted by atomic mass is 32.1. The van der Waals surface area contributed by atoms with Crippen molar-refractivity contribution in [3.05, 3.63) is 56.1 Å². The molecule has 2 aliphatic heterocycles. The highest BCUT2D eigenvalue weighted by molar-refractivity contribution is 7.14. The van der Waals surface area contributed by atoms with Crippen molar-refractivity contribution in [2.24, 2.45) is 0 Å². The number of hydrogen-bond donors (Lipinski definition) is 1. The minimum absolute atomic E-state index is 0.0261. The number of likely N-dealkylation sites (tertiary alicyclic amines) is 1. The van der Waals surface area contributed by atoms with Gasteiger partial charge >= 0.3 is 5.97 Å². The number of aromatic carboxylic acids is 1. The first kappa shape index (κ1) is 18.9. The minimum Gasteiger partial charge on any atom is -0.477 e. The molecule has 1 spiro atoms. The number of carbonyl (C=O) groups is 2. The number of carboxylic acids is 1. The van der Waals surface area contributed by atoms with Gasteiger partial charge in [0.1, 0.15) is 4.88 Å². The van der Waals surface area contributed by atoms with E-state index in [1.807, 2.05) is 4.90 Å². The second-order valence-corrected chi connectivity index (χ2v) is 8.35. The van der Waals surface area contributed by atoms with E-state index in [-0.39, 0.29) is 17.9 Å². The van der Waals surface area contributed by atoms with Crippen LogP contribution in [0.25, 0.3) is 0 Å². The van der Waals surface area contributed by atoms with Crippen LogP contribution in [0.4, 0.5) is 0 Å². The number of nitrogens with zero attached hydrogens (tertiary/aromatic N) is 2. The summed E-state index contributed by atoms with van der Waals surface area (Å²) >= 11 is 1.33. The Bertz CT molecular complexity index is 956. The van der Waals surface area contributed by atoms with E-state index in [2.05, 4.69) is 0 Å². The van der Waals surface area contributed by atoms with E-state index in [4.69, 9.17) is 4.74 Å². The van der Waals surface area contributed by atoms with Crippen LogP contribution < -0.4 is 5.56 Å². The molecule has 28 heavy (non-hydrogen) atoms. The van der Waals surface area contributed by atoms with Gasteiger partial charge in [-0.1, -0.05) is 6.07 Å². The Labute approximate surface area is 166 Å². The summed E-state index contributed by atoms with van der Waals surface area (Å²) < 4.78 is 7.67. The number of thiophene rings is 1. The van der Waals surface area contributed by atoms with Gasteiger partial charge in [0.05, 0.1) is 12.2 Å². The molecule has 0 saturated carbocycles. The lowest BCUT2D eigenvalue weighted by Gasteiger charge is -2.44. The van der Waals surface area contributed by atoms with Crippen LogP contribution in [0.3, 0.4) is 0 Å². The van der Waals surface area contributed by atoms with Crippen LogP contribution in [-0.2, 0) is 28.1 Å². The van der Waals surface area contributed by atoms with E-state index in [9.17, 15) is 19.5 Å². The zero-order valence-electron chi connectivity index (χ0n) is 15.4. The number of hydrogen-bond acceptors (Lipinski definition) is 5. The zero-order valence-corrected chi connectivity index (χ0v) is 16.2. The van der Waals surface area contributed by atoms with E-state index in [1.165, 1.54) is 17.4 Å². The monoisotopic (exact) mass is 402 g/mol. The van der Waals surface area contributed by atoms with E-state index in [0.717, 1.165) is 16.9 Å². The molecule has 4 heterocycles. The van der Waals surface area contributed by atoms with Crippen molar-refractivity contribution in [2.45, 2.75) is 37.8 Å². The number of aryl methyl sites for hydroxylation is 1. The molecule has 2 aromatic rings. The van der Waals surface area contributed by atoms with Crippen LogP contribution in [0.15, 0.2) is 35.3 Å². The highest BCUT2D eigenvalue weighted by Crippen LogP contribution is 2.44. The number of pyridine rings is 1. The van der Waals surface area contributed by atoms with Gasteiger partial charge in [0.25, 0.3) is 5.56 Å². The summed E-state index contributed by atoms with van der Waals surface area (Å²) in [5, 5.41) is 9.30. The summed E-state index contributed by atoms with van der Waals surface area (Å²) in [7, 11) is 0. The first-order chi connectivity index (χ1) is 13.5. The summed E-state index contributed by atoms with van der Waals surface area (Å²) in [4.78, 5) is 38.9. The first-order valence-electron chi connectivity index (χ1n) is 9.42. The third-order valence-corrected chi connectivity index (χ3v) is 6.79. The molecule has 0 radical (unpaired) electrons. The smallest absolute Gasteiger partial charge is 0.345 e. The number of ether oxygens (including phenoxy) is 1. The highest BCUT2D eigenvalue weighted by Gasteiger charge is 2.43. The largest absolute Gasteiger partial charge is 0.477 e. The number of fused-ring (bicyclic) bond motifs is 2. The van der Waals surface area contributed by atoms with Crippen LogP contribution in [0.2, 0.25) is 0 Å². The fourth-order valence-electron chi connectivity index (χ4n) is 4.07. The topological polar surface area (TPSA) is 88.8 Å². The average molecular weight is 402 g/mol. The second-order valence-electron chi connectivity index (χ2n) is 7.21. The van der Waals surface area contributed by atoms with Crippen molar-refractivity contribution >= 4 is 23.2 Å². The number of piperidine rings is 1. The average Bonchev–Trinajstić information content (AvgIpc) is 3.14. The molecule has 0 aliphatic carbocycles. The van der Waals surface area contributed by atoms with Gasteiger partial charge in [-0.25, -0.2) is 4.79 Å². The first-order valence-corrected chi connectivity index (χ1v) is 10.2. The molecule has 148 valence electrons. The van der Waals surface area contributed by atoms with Gasteiger partial charge < -0.3 is 19.3 Å². The van der Waals surface area contributed by atoms with Crippen molar-refractivity contribution in [3.8, 4) is 0 Å². The number of carbonyl (C=O) groups excluding carboxylic acids is 1. The van der Waals surface area contributed by atoms with Crippen molar-refractivity contribution < 1.29 is 19.4 Å². The molecule has 1 amide bonds. The Morgan fingerprint density at radius 2 is 2.04 bits per heavy atom. The lowest BCUT2D eigenvalue weighted by molar-refractivity contribution is -0.140. The Kier molecular flexibility index (Phi) is 5.07. The summed E-state index contributed by atoms with van der Waals surface area (Å²) in [6, 6.07) is 6.70. The predicted molar refractivity (Wildman–Crippen MR) is 104 cm³/mol. The van der Waals surface area contributed by atoms with Gasteiger partial charge in [0, 0.05) is 49.6 Å². The Morgan fingerprint density at radius 3 is 2.75 bits per heavy atom. The van der Waals surface area contributed by atoms with Gasteiger partial charge in [-0.15, -0.1) is 11.3 Å². The minimum atomic E-state index is -0.904. The molecular weight excluding hydrogens is 380 g/mol.